The van der Waals surface area contributed by atoms with Crippen molar-refractivity contribution in [3.05, 3.63) is 11.7 Å². The zero-order chi connectivity index (χ0) is 11.5. The van der Waals surface area contributed by atoms with Crippen molar-refractivity contribution in [1.82, 2.24) is 0 Å². The molecular formula is C12H24O3. The van der Waals surface area contributed by atoms with E-state index in [9.17, 15) is 0 Å². The zero-order valence-corrected chi connectivity index (χ0v) is 9.71. The molecule has 0 heterocycles. The molecule has 3 N–H and O–H groups in total. The number of unbranched alkanes of at least 4 members (excludes halogenated alkanes) is 7. The Kier molecular flexibility index (Phi) is 9.13. The summed E-state index contributed by atoms with van der Waals surface area (Å²) in [5.41, 5.74) is 0. The summed E-state index contributed by atoms with van der Waals surface area (Å²) in [5.74, 6) is -1.22. The molecule has 0 aliphatic carbocycles. The van der Waals surface area contributed by atoms with Gasteiger partial charge in [-0.05, 0) is 6.42 Å². The van der Waals surface area contributed by atoms with Crippen molar-refractivity contribution in [2.24, 2.45) is 0 Å². The van der Waals surface area contributed by atoms with E-state index < -0.39 is 5.95 Å². The Morgan fingerprint density at radius 2 is 1.20 bits per heavy atom. The van der Waals surface area contributed by atoms with Crippen LogP contribution in [0.15, 0.2) is 11.7 Å². The number of hydrogen-bond acceptors (Lipinski definition) is 3. The first-order chi connectivity index (χ1) is 7.18. The third kappa shape index (κ3) is 9.44. The van der Waals surface area contributed by atoms with Crippen molar-refractivity contribution in [1.29, 1.82) is 0 Å². The average Bonchev–Trinajstić information content (AvgIpc) is 2.21. The predicted molar refractivity (Wildman–Crippen MR) is 62.1 cm³/mol. The van der Waals surface area contributed by atoms with Crippen LogP contribution >= 0.6 is 0 Å². The third-order valence-electron chi connectivity index (χ3n) is 2.53. The largest absolute Gasteiger partial charge is 0.506 e. The maximum atomic E-state index is 8.98. The lowest BCUT2D eigenvalue weighted by Crippen LogP contribution is -1.90. The molecule has 90 valence electrons. The quantitative estimate of drug-likeness (QED) is 0.396. The summed E-state index contributed by atoms with van der Waals surface area (Å²) in [5, 5.41) is 26.0. The first-order valence-corrected chi connectivity index (χ1v) is 5.98. The Morgan fingerprint density at radius 1 is 0.733 bits per heavy atom. The highest BCUT2D eigenvalue weighted by Crippen LogP contribution is 2.12. The van der Waals surface area contributed by atoms with Crippen LogP contribution in [0.25, 0.3) is 0 Å². The Morgan fingerprint density at radius 3 is 1.67 bits per heavy atom. The van der Waals surface area contributed by atoms with Gasteiger partial charge >= 0.3 is 5.95 Å². The zero-order valence-electron chi connectivity index (χ0n) is 9.71. The smallest absolute Gasteiger partial charge is 0.313 e. The fourth-order valence-electron chi connectivity index (χ4n) is 1.54. The lowest BCUT2D eigenvalue weighted by molar-refractivity contribution is 0.153. The van der Waals surface area contributed by atoms with Gasteiger partial charge in [-0.25, -0.2) is 0 Å². The normalized spacial score (nSPS) is 10.2. The molecule has 0 aliphatic heterocycles. The molecule has 0 aliphatic rings. The molecule has 0 unspecified atom stereocenters. The number of hydrogen-bond donors (Lipinski definition) is 3. The molecule has 0 aromatic carbocycles. The monoisotopic (exact) mass is 216 g/mol. The Hall–Kier alpha value is -0.860. The van der Waals surface area contributed by atoms with Crippen molar-refractivity contribution in [2.45, 2.75) is 64.7 Å². The molecule has 0 spiro atoms. The fourth-order valence-corrected chi connectivity index (χ4v) is 1.54. The number of rotatable bonds is 9. The SMILES string of the molecule is CCCCCCCCCCC(O)=C(O)O. The lowest BCUT2D eigenvalue weighted by atomic mass is 10.1. The second-order valence-corrected chi connectivity index (χ2v) is 4.00. The highest BCUT2D eigenvalue weighted by atomic mass is 16.5. The van der Waals surface area contributed by atoms with Crippen LogP contribution in [-0.2, 0) is 0 Å². The summed E-state index contributed by atoms with van der Waals surface area (Å²) in [6, 6.07) is 0. The molecule has 0 amide bonds. The summed E-state index contributed by atoms with van der Waals surface area (Å²) in [6.07, 6.45) is 9.86. The molecule has 3 heteroatoms. The molecule has 0 radical (unpaired) electrons. The Bertz CT molecular complexity index is 172. The van der Waals surface area contributed by atoms with Gasteiger partial charge < -0.3 is 15.3 Å². The number of allylic oxidation sites excluding steroid dienone is 1. The minimum Gasteiger partial charge on any atom is -0.506 e. The molecule has 15 heavy (non-hydrogen) atoms. The maximum Gasteiger partial charge on any atom is 0.313 e. The summed E-state index contributed by atoms with van der Waals surface area (Å²) < 4.78 is 0. The van der Waals surface area contributed by atoms with Gasteiger partial charge in [-0.2, -0.15) is 0 Å². The van der Waals surface area contributed by atoms with E-state index in [0.29, 0.717) is 6.42 Å². The minimum atomic E-state index is -0.932. The van der Waals surface area contributed by atoms with E-state index in [1.54, 1.807) is 0 Å². The maximum absolute atomic E-state index is 8.98. The molecule has 0 fully saturated rings. The molecule has 0 saturated heterocycles. The van der Waals surface area contributed by atoms with E-state index in [1.165, 1.54) is 38.5 Å². The summed E-state index contributed by atoms with van der Waals surface area (Å²) in [4.78, 5) is 0. The third-order valence-corrected chi connectivity index (χ3v) is 2.53. The van der Waals surface area contributed by atoms with Gasteiger partial charge in [0.15, 0.2) is 5.76 Å². The van der Waals surface area contributed by atoms with Crippen LogP contribution in [0.4, 0.5) is 0 Å². The molecule has 0 bridgehead atoms. The molecule has 0 rings (SSSR count). The number of aliphatic hydroxyl groups excluding tert-OH is 2. The lowest BCUT2D eigenvalue weighted by Gasteiger charge is -2.01. The Balaban J connectivity index is 3.15. The van der Waals surface area contributed by atoms with Crippen molar-refractivity contribution < 1.29 is 15.3 Å². The predicted octanol–water partition coefficient (Wildman–Crippen LogP) is 4.36. The van der Waals surface area contributed by atoms with Gasteiger partial charge in [-0.15, -0.1) is 0 Å². The van der Waals surface area contributed by atoms with Gasteiger partial charge in [0.25, 0.3) is 0 Å². The van der Waals surface area contributed by atoms with Gasteiger partial charge in [0.2, 0.25) is 0 Å². The highest BCUT2D eigenvalue weighted by Gasteiger charge is 2.00. The van der Waals surface area contributed by atoms with E-state index in [2.05, 4.69) is 6.92 Å². The molecule has 0 saturated carbocycles. The summed E-state index contributed by atoms with van der Waals surface area (Å²) >= 11 is 0. The van der Waals surface area contributed by atoms with Crippen LogP contribution in [-0.4, -0.2) is 15.3 Å². The van der Waals surface area contributed by atoms with Crippen LogP contribution < -0.4 is 0 Å². The van der Waals surface area contributed by atoms with Crippen molar-refractivity contribution >= 4 is 0 Å². The second kappa shape index (κ2) is 9.69. The summed E-state index contributed by atoms with van der Waals surface area (Å²) in [7, 11) is 0. The van der Waals surface area contributed by atoms with Gasteiger partial charge in [0, 0.05) is 6.42 Å². The molecule has 3 nitrogen and oxygen atoms in total. The second-order valence-electron chi connectivity index (χ2n) is 4.00. The van der Waals surface area contributed by atoms with Crippen molar-refractivity contribution in [2.75, 3.05) is 0 Å². The van der Waals surface area contributed by atoms with Gasteiger partial charge in [0.1, 0.15) is 0 Å². The van der Waals surface area contributed by atoms with Crippen molar-refractivity contribution in [3.8, 4) is 0 Å². The van der Waals surface area contributed by atoms with Crippen LogP contribution in [0, 0.1) is 0 Å². The summed E-state index contributed by atoms with van der Waals surface area (Å²) in [6.45, 7) is 2.20. The van der Waals surface area contributed by atoms with E-state index in [1.807, 2.05) is 0 Å². The van der Waals surface area contributed by atoms with Crippen LogP contribution in [0.1, 0.15) is 64.7 Å². The average molecular weight is 216 g/mol. The van der Waals surface area contributed by atoms with Gasteiger partial charge in [-0.1, -0.05) is 51.9 Å². The van der Waals surface area contributed by atoms with Crippen LogP contribution in [0.2, 0.25) is 0 Å². The van der Waals surface area contributed by atoms with E-state index in [0.717, 1.165) is 12.8 Å². The fraction of sp³-hybridized carbons (Fsp3) is 0.833. The van der Waals surface area contributed by atoms with E-state index >= 15 is 0 Å². The number of aliphatic hydroxyl groups is 3. The van der Waals surface area contributed by atoms with Crippen molar-refractivity contribution in [3.63, 3.8) is 0 Å². The molecular weight excluding hydrogens is 192 g/mol. The molecule has 0 atom stereocenters. The molecule has 0 aromatic heterocycles. The van der Waals surface area contributed by atoms with Gasteiger partial charge in [-0.3, -0.25) is 0 Å². The van der Waals surface area contributed by atoms with E-state index in [-0.39, 0.29) is 5.76 Å². The highest BCUT2D eigenvalue weighted by molar-refractivity contribution is 4.88. The topological polar surface area (TPSA) is 60.7 Å². The van der Waals surface area contributed by atoms with Crippen LogP contribution in [0.3, 0.4) is 0 Å². The standard InChI is InChI=1S/C12H24O3/c1-2-3-4-5-6-7-8-9-10-11(13)12(14)15/h13-15H,2-10H2,1H3. The van der Waals surface area contributed by atoms with Gasteiger partial charge in [0.05, 0.1) is 0 Å². The first-order valence-electron chi connectivity index (χ1n) is 5.98. The van der Waals surface area contributed by atoms with E-state index in [4.69, 9.17) is 15.3 Å². The minimum absolute atomic E-state index is 0.291. The molecule has 0 aromatic rings. The Labute approximate surface area is 92.4 Å². The van der Waals surface area contributed by atoms with Crippen LogP contribution in [0.5, 0.6) is 0 Å². The first kappa shape index (κ1) is 14.1.